The van der Waals surface area contributed by atoms with Crippen LogP contribution in [0.4, 0.5) is 5.69 Å². The van der Waals surface area contributed by atoms with Crippen LogP contribution in [0.5, 0.6) is 0 Å². The number of sulfone groups is 1. The van der Waals surface area contributed by atoms with Crippen molar-refractivity contribution in [2.45, 2.75) is 43.0 Å². The van der Waals surface area contributed by atoms with Gasteiger partial charge in [0.15, 0.2) is 9.84 Å². The number of hydrogen-bond donors (Lipinski definition) is 2. The number of hydrogen-bond acceptors (Lipinski definition) is 4. The Balaban J connectivity index is 2.33. The van der Waals surface area contributed by atoms with Gasteiger partial charge < -0.3 is 11.1 Å². The summed E-state index contributed by atoms with van der Waals surface area (Å²) >= 11 is 0. The number of para-hydroxylation sites is 1. The van der Waals surface area contributed by atoms with E-state index in [0.717, 1.165) is 19.3 Å². The first kappa shape index (κ1) is 15.3. The Morgan fingerprint density at radius 2 is 2.10 bits per heavy atom. The first-order chi connectivity index (χ1) is 9.36. The quantitative estimate of drug-likeness (QED) is 0.895. The third-order valence-corrected chi connectivity index (χ3v) is 5.32. The zero-order valence-corrected chi connectivity index (χ0v) is 13.0. The van der Waals surface area contributed by atoms with Crippen molar-refractivity contribution in [2.24, 2.45) is 11.7 Å². The van der Waals surface area contributed by atoms with Gasteiger partial charge in [0.25, 0.3) is 0 Å². The van der Waals surface area contributed by atoms with Crippen molar-refractivity contribution in [2.75, 3.05) is 18.1 Å². The van der Waals surface area contributed by atoms with E-state index in [-0.39, 0.29) is 5.54 Å². The van der Waals surface area contributed by atoms with Crippen LogP contribution in [0.3, 0.4) is 0 Å². The zero-order valence-electron chi connectivity index (χ0n) is 12.2. The van der Waals surface area contributed by atoms with Gasteiger partial charge in [0.1, 0.15) is 0 Å². The van der Waals surface area contributed by atoms with Crippen LogP contribution in [0.15, 0.2) is 29.2 Å². The molecule has 5 heteroatoms. The molecular weight excluding hydrogens is 272 g/mol. The van der Waals surface area contributed by atoms with Gasteiger partial charge in [0.05, 0.1) is 10.6 Å². The van der Waals surface area contributed by atoms with Gasteiger partial charge in [0.2, 0.25) is 0 Å². The summed E-state index contributed by atoms with van der Waals surface area (Å²) in [5.41, 5.74) is 6.49. The SMILES string of the molecule is CC1CCCC(CN)(Nc2ccccc2S(C)(=O)=O)C1. The molecule has 0 bridgehead atoms. The molecule has 1 aliphatic carbocycles. The molecule has 2 rings (SSSR count). The highest BCUT2D eigenvalue weighted by atomic mass is 32.2. The van der Waals surface area contributed by atoms with Gasteiger partial charge in [-0.05, 0) is 30.9 Å². The number of nitrogens with two attached hydrogens (primary N) is 1. The molecule has 2 atom stereocenters. The van der Waals surface area contributed by atoms with E-state index in [1.165, 1.54) is 12.7 Å². The minimum atomic E-state index is -3.24. The van der Waals surface area contributed by atoms with Crippen LogP contribution in [-0.2, 0) is 9.84 Å². The fourth-order valence-electron chi connectivity index (χ4n) is 3.19. The number of benzene rings is 1. The summed E-state index contributed by atoms with van der Waals surface area (Å²) < 4.78 is 23.8. The second kappa shape index (κ2) is 5.74. The van der Waals surface area contributed by atoms with Crippen LogP contribution in [0.25, 0.3) is 0 Å². The van der Waals surface area contributed by atoms with Crippen LogP contribution in [0, 0.1) is 5.92 Å². The second-order valence-corrected chi connectivity index (χ2v) is 8.06. The topological polar surface area (TPSA) is 72.2 Å². The van der Waals surface area contributed by atoms with E-state index in [9.17, 15) is 8.42 Å². The molecule has 0 aromatic heterocycles. The summed E-state index contributed by atoms with van der Waals surface area (Å²) in [5, 5.41) is 3.45. The van der Waals surface area contributed by atoms with Gasteiger partial charge in [-0.25, -0.2) is 8.42 Å². The Labute approximate surface area is 121 Å². The minimum absolute atomic E-state index is 0.182. The molecule has 1 aliphatic rings. The average Bonchev–Trinajstić information content (AvgIpc) is 2.38. The monoisotopic (exact) mass is 296 g/mol. The van der Waals surface area contributed by atoms with Crippen molar-refractivity contribution < 1.29 is 8.42 Å². The molecule has 0 heterocycles. The van der Waals surface area contributed by atoms with Crippen molar-refractivity contribution in [1.82, 2.24) is 0 Å². The van der Waals surface area contributed by atoms with Gasteiger partial charge in [-0.2, -0.15) is 0 Å². The lowest BCUT2D eigenvalue weighted by atomic mass is 9.76. The highest BCUT2D eigenvalue weighted by Crippen LogP contribution is 2.35. The molecule has 1 fully saturated rings. The van der Waals surface area contributed by atoms with Crippen LogP contribution in [0.2, 0.25) is 0 Å². The molecule has 4 nitrogen and oxygen atoms in total. The predicted octanol–water partition coefficient (Wildman–Crippen LogP) is 2.41. The molecule has 20 heavy (non-hydrogen) atoms. The van der Waals surface area contributed by atoms with E-state index in [2.05, 4.69) is 12.2 Å². The molecule has 1 saturated carbocycles. The smallest absolute Gasteiger partial charge is 0.177 e. The maximum atomic E-state index is 11.9. The summed E-state index contributed by atoms with van der Waals surface area (Å²) in [4.78, 5) is 0.353. The van der Waals surface area contributed by atoms with E-state index in [0.29, 0.717) is 23.0 Å². The average molecular weight is 296 g/mol. The maximum absolute atomic E-state index is 11.9. The predicted molar refractivity (Wildman–Crippen MR) is 82.6 cm³/mol. The van der Waals surface area contributed by atoms with E-state index in [1.54, 1.807) is 12.1 Å². The molecule has 1 aromatic carbocycles. The molecule has 0 radical (unpaired) electrons. The molecule has 3 N–H and O–H groups in total. The van der Waals surface area contributed by atoms with Crippen molar-refractivity contribution in [3.63, 3.8) is 0 Å². The summed E-state index contributed by atoms with van der Waals surface area (Å²) in [7, 11) is -3.24. The molecule has 0 spiro atoms. The number of rotatable bonds is 4. The van der Waals surface area contributed by atoms with Crippen molar-refractivity contribution >= 4 is 15.5 Å². The fourth-order valence-corrected chi connectivity index (χ4v) is 4.03. The zero-order chi connectivity index (χ0) is 14.8. The lowest BCUT2D eigenvalue weighted by Crippen LogP contribution is -2.48. The maximum Gasteiger partial charge on any atom is 0.177 e. The molecule has 0 aliphatic heterocycles. The third-order valence-electron chi connectivity index (χ3n) is 4.17. The van der Waals surface area contributed by atoms with Crippen LogP contribution < -0.4 is 11.1 Å². The van der Waals surface area contributed by atoms with Crippen LogP contribution >= 0.6 is 0 Å². The van der Waals surface area contributed by atoms with E-state index >= 15 is 0 Å². The summed E-state index contributed by atoms with van der Waals surface area (Å²) in [6.07, 6.45) is 5.57. The molecule has 112 valence electrons. The number of nitrogens with one attached hydrogen (secondary N) is 1. The van der Waals surface area contributed by atoms with Gasteiger partial charge in [-0.3, -0.25) is 0 Å². The molecule has 2 unspecified atom stereocenters. The minimum Gasteiger partial charge on any atom is -0.377 e. The largest absolute Gasteiger partial charge is 0.377 e. The summed E-state index contributed by atoms with van der Waals surface area (Å²) in [6, 6.07) is 7.08. The lowest BCUT2D eigenvalue weighted by Gasteiger charge is -2.41. The van der Waals surface area contributed by atoms with Crippen molar-refractivity contribution in [3.05, 3.63) is 24.3 Å². The Hall–Kier alpha value is -1.07. The fraction of sp³-hybridized carbons (Fsp3) is 0.600. The van der Waals surface area contributed by atoms with Crippen molar-refractivity contribution in [3.8, 4) is 0 Å². The van der Waals surface area contributed by atoms with Crippen LogP contribution in [-0.4, -0.2) is 26.8 Å². The standard InChI is InChI=1S/C15H24N2O2S/c1-12-6-5-9-15(10-12,11-16)17-13-7-3-4-8-14(13)20(2,18)19/h3-4,7-8,12,17H,5-6,9-11,16H2,1-2H3. The van der Waals surface area contributed by atoms with Crippen LogP contribution in [0.1, 0.15) is 32.6 Å². The van der Waals surface area contributed by atoms with Gasteiger partial charge >= 0.3 is 0 Å². The second-order valence-electron chi connectivity index (χ2n) is 6.08. The summed E-state index contributed by atoms with van der Waals surface area (Å²) in [6.45, 7) is 2.75. The first-order valence-electron chi connectivity index (χ1n) is 7.14. The van der Waals surface area contributed by atoms with E-state index < -0.39 is 9.84 Å². The summed E-state index contributed by atoms with van der Waals surface area (Å²) in [5.74, 6) is 0.616. The Bertz CT molecular complexity index is 571. The first-order valence-corrected chi connectivity index (χ1v) is 9.03. The van der Waals surface area contributed by atoms with Gasteiger partial charge in [-0.15, -0.1) is 0 Å². The normalized spacial score (nSPS) is 27.2. The molecule has 0 amide bonds. The molecule has 0 saturated heterocycles. The van der Waals surface area contributed by atoms with Gasteiger partial charge in [0, 0.05) is 18.3 Å². The highest BCUT2D eigenvalue weighted by molar-refractivity contribution is 7.90. The van der Waals surface area contributed by atoms with Gasteiger partial charge in [-0.1, -0.05) is 31.9 Å². The van der Waals surface area contributed by atoms with E-state index in [4.69, 9.17) is 5.73 Å². The Morgan fingerprint density at radius 3 is 2.70 bits per heavy atom. The Kier molecular flexibility index (Phi) is 4.39. The lowest BCUT2D eigenvalue weighted by molar-refractivity contribution is 0.263. The third kappa shape index (κ3) is 3.33. The van der Waals surface area contributed by atoms with E-state index in [1.807, 2.05) is 12.1 Å². The number of anilines is 1. The Morgan fingerprint density at radius 1 is 1.40 bits per heavy atom. The molecular formula is C15H24N2O2S. The van der Waals surface area contributed by atoms with Crippen molar-refractivity contribution in [1.29, 1.82) is 0 Å². The molecule has 1 aromatic rings. The highest BCUT2D eigenvalue weighted by Gasteiger charge is 2.34.